The number of nitrogens with zero attached hydrogens (tertiary/aromatic N) is 1. The van der Waals surface area contributed by atoms with Crippen molar-refractivity contribution >= 4 is 17.8 Å². The van der Waals surface area contributed by atoms with Gasteiger partial charge in [-0.05, 0) is 12.1 Å². The molecule has 0 spiro atoms. The number of benzene rings is 2. The molecule has 2 rings (SSSR count). The van der Waals surface area contributed by atoms with E-state index in [1.165, 1.54) is 7.11 Å². The van der Waals surface area contributed by atoms with E-state index < -0.39 is 40.6 Å². The van der Waals surface area contributed by atoms with Crippen LogP contribution in [0.5, 0.6) is 5.75 Å². The molecule has 2 aromatic rings. The average molecular weight is 373 g/mol. The summed E-state index contributed by atoms with van der Waals surface area (Å²) in [5.41, 5.74) is 1.20. The number of halogens is 5. The van der Waals surface area contributed by atoms with Gasteiger partial charge in [0.25, 0.3) is 5.91 Å². The number of anilines is 1. The summed E-state index contributed by atoms with van der Waals surface area (Å²) in [4.78, 5) is 11.6. The van der Waals surface area contributed by atoms with Crippen LogP contribution < -0.4 is 15.5 Å². The summed E-state index contributed by atoms with van der Waals surface area (Å²) >= 11 is 0. The Labute approximate surface area is 144 Å². The van der Waals surface area contributed by atoms with E-state index in [4.69, 9.17) is 4.74 Å². The van der Waals surface area contributed by atoms with Gasteiger partial charge in [-0.3, -0.25) is 4.79 Å². The minimum Gasteiger partial charge on any atom is -0.497 e. The molecule has 1 amide bonds. The van der Waals surface area contributed by atoms with Gasteiger partial charge in [0.2, 0.25) is 5.82 Å². The van der Waals surface area contributed by atoms with Gasteiger partial charge >= 0.3 is 0 Å². The van der Waals surface area contributed by atoms with Crippen LogP contribution in [0.4, 0.5) is 27.6 Å². The summed E-state index contributed by atoms with van der Waals surface area (Å²) in [7, 11) is 1.47. The third-order valence-corrected chi connectivity index (χ3v) is 3.15. The van der Waals surface area contributed by atoms with Crippen molar-refractivity contribution in [1.29, 1.82) is 0 Å². The fraction of sp³-hybridized carbons (Fsp3) is 0.125. The minimum absolute atomic E-state index is 0.262. The van der Waals surface area contributed by atoms with E-state index in [0.29, 0.717) is 17.7 Å². The molecule has 10 heteroatoms. The number of carbonyl (C=O) groups is 1. The Balaban J connectivity index is 1.99. The Kier molecular flexibility index (Phi) is 6.10. The highest BCUT2D eigenvalue weighted by molar-refractivity contribution is 5.84. The molecule has 2 aromatic carbocycles. The fourth-order valence-electron chi connectivity index (χ4n) is 1.86. The molecule has 138 valence electrons. The molecular weight excluding hydrogens is 361 g/mol. The highest BCUT2D eigenvalue weighted by atomic mass is 19.2. The summed E-state index contributed by atoms with van der Waals surface area (Å²) in [6.45, 7) is -0.262. The van der Waals surface area contributed by atoms with Gasteiger partial charge in [-0.25, -0.2) is 27.4 Å². The summed E-state index contributed by atoms with van der Waals surface area (Å²) in [6.07, 6.45) is 0.333. The molecule has 0 fully saturated rings. The van der Waals surface area contributed by atoms with Crippen molar-refractivity contribution in [2.45, 2.75) is 0 Å². The lowest BCUT2D eigenvalue weighted by Gasteiger charge is -2.07. The quantitative estimate of drug-likeness (QED) is 0.269. The number of rotatable bonds is 6. The van der Waals surface area contributed by atoms with Gasteiger partial charge in [-0.2, -0.15) is 5.10 Å². The van der Waals surface area contributed by atoms with E-state index >= 15 is 0 Å². The van der Waals surface area contributed by atoms with Gasteiger partial charge in [0.05, 0.1) is 25.4 Å². The Bertz CT molecular complexity index is 829. The highest BCUT2D eigenvalue weighted by Crippen LogP contribution is 2.21. The Morgan fingerprint density at radius 3 is 2.31 bits per heavy atom. The van der Waals surface area contributed by atoms with Gasteiger partial charge in [0, 0.05) is 11.8 Å². The van der Waals surface area contributed by atoms with Crippen molar-refractivity contribution in [3.63, 3.8) is 0 Å². The molecule has 0 saturated heterocycles. The second kappa shape index (κ2) is 8.28. The normalized spacial score (nSPS) is 10.8. The molecule has 2 N–H and O–H groups in total. The topological polar surface area (TPSA) is 62.7 Å². The number of hydrazone groups is 1. The molecular formula is C16H12F5N3O2. The zero-order valence-electron chi connectivity index (χ0n) is 13.2. The molecule has 0 heterocycles. The molecule has 0 aliphatic carbocycles. The van der Waals surface area contributed by atoms with Crippen LogP contribution in [0.2, 0.25) is 0 Å². The van der Waals surface area contributed by atoms with Gasteiger partial charge in [-0.1, -0.05) is 6.07 Å². The summed E-state index contributed by atoms with van der Waals surface area (Å²) in [5, 5.41) is 5.93. The Morgan fingerprint density at radius 1 is 1.08 bits per heavy atom. The molecule has 0 aliphatic rings. The van der Waals surface area contributed by atoms with Crippen molar-refractivity contribution in [1.82, 2.24) is 5.43 Å². The minimum atomic E-state index is -2.27. The average Bonchev–Trinajstić information content (AvgIpc) is 2.66. The number of nitrogens with one attached hydrogen (secondary N) is 2. The van der Waals surface area contributed by atoms with Crippen molar-refractivity contribution in [3.8, 4) is 5.75 Å². The second-order valence-corrected chi connectivity index (χ2v) is 4.86. The first kappa shape index (κ1) is 19.2. The zero-order valence-corrected chi connectivity index (χ0v) is 13.2. The van der Waals surface area contributed by atoms with Gasteiger partial charge < -0.3 is 10.1 Å². The number of amides is 1. The molecule has 0 unspecified atom stereocenters. The number of ether oxygens (including phenoxy) is 1. The van der Waals surface area contributed by atoms with Crippen molar-refractivity contribution in [2.75, 3.05) is 19.0 Å². The summed E-state index contributed by atoms with van der Waals surface area (Å²) in [5.74, 6) is -10.7. The lowest BCUT2D eigenvalue weighted by molar-refractivity contribution is -0.119. The highest BCUT2D eigenvalue weighted by Gasteiger charge is 2.24. The number of hydrogen-bond donors (Lipinski definition) is 2. The molecule has 0 aromatic heterocycles. The van der Waals surface area contributed by atoms with Crippen LogP contribution in [-0.4, -0.2) is 25.8 Å². The van der Waals surface area contributed by atoms with E-state index in [1.807, 2.05) is 5.43 Å². The maximum atomic E-state index is 13.4. The first-order valence-electron chi connectivity index (χ1n) is 7.06. The van der Waals surface area contributed by atoms with E-state index in [9.17, 15) is 26.7 Å². The van der Waals surface area contributed by atoms with Crippen LogP contribution in [0.15, 0.2) is 29.4 Å². The van der Waals surface area contributed by atoms with Crippen LogP contribution in [0.1, 0.15) is 5.56 Å². The van der Waals surface area contributed by atoms with Crippen molar-refractivity contribution < 1.29 is 31.5 Å². The molecule has 5 nitrogen and oxygen atoms in total. The van der Waals surface area contributed by atoms with Crippen LogP contribution in [-0.2, 0) is 4.79 Å². The summed E-state index contributed by atoms with van der Waals surface area (Å²) in [6, 6.07) is 6.65. The third-order valence-electron chi connectivity index (χ3n) is 3.15. The molecule has 0 atom stereocenters. The molecule has 26 heavy (non-hydrogen) atoms. The second-order valence-electron chi connectivity index (χ2n) is 4.86. The first-order chi connectivity index (χ1) is 12.3. The number of methoxy groups -OCH3 is 1. The monoisotopic (exact) mass is 373 g/mol. The van der Waals surface area contributed by atoms with Crippen LogP contribution >= 0.6 is 0 Å². The van der Waals surface area contributed by atoms with Gasteiger partial charge in [-0.15, -0.1) is 0 Å². The van der Waals surface area contributed by atoms with E-state index in [-0.39, 0.29) is 6.54 Å². The Hall–Kier alpha value is -3.17. The van der Waals surface area contributed by atoms with Gasteiger partial charge in [0.1, 0.15) is 5.75 Å². The molecule has 0 radical (unpaired) electrons. The van der Waals surface area contributed by atoms with E-state index in [1.54, 1.807) is 24.3 Å². The van der Waals surface area contributed by atoms with Crippen LogP contribution in [0.3, 0.4) is 0 Å². The molecule has 0 aliphatic heterocycles. The maximum absolute atomic E-state index is 13.4. The molecule has 0 saturated carbocycles. The predicted octanol–water partition coefficient (Wildman–Crippen LogP) is 2.95. The van der Waals surface area contributed by atoms with Crippen molar-refractivity contribution in [3.05, 3.63) is 58.9 Å². The largest absolute Gasteiger partial charge is 0.497 e. The molecule has 0 bridgehead atoms. The fourth-order valence-corrected chi connectivity index (χ4v) is 1.86. The lowest BCUT2D eigenvalue weighted by atomic mass is 10.2. The van der Waals surface area contributed by atoms with Crippen molar-refractivity contribution in [2.24, 2.45) is 5.10 Å². The van der Waals surface area contributed by atoms with Crippen LogP contribution in [0.25, 0.3) is 0 Å². The smallest absolute Gasteiger partial charge is 0.259 e. The standard InChI is InChI=1S/C16H12F5N3O2/c1-26-9-4-2-3-8(5-9)22-7-11(25)24-23-6-10-12(17)14(19)16(21)15(20)13(10)18/h2-6,22H,7H2,1H3,(H,24,25)/b23-6-. The predicted molar refractivity (Wildman–Crippen MR) is 83.5 cm³/mol. The van der Waals surface area contributed by atoms with Crippen LogP contribution in [0, 0.1) is 29.1 Å². The maximum Gasteiger partial charge on any atom is 0.259 e. The first-order valence-corrected chi connectivity index (χ1v) is 7.06. The third kappa shape index (κ3) is 4.26. The zero-order chi connectivity index (χ0) is 19.3. The number of carbonyl (C=O) groups excluding carboxylic acids is 1. The Morgan fingerprint density at radius 2 is 1.69 bits per heavy atom. The van der Waals surface area contributed by atoms with E-state index in [2.05, 4.69) is 10.4 Å². The SMILES string of the molecule is COc1cccc(NCC(=O)N/N=C\c2c(F)c(F)c(F)c(F)c2F)c1. The van der Waals surface area contributed by atoms with Gasteiger partial charge in [0.15, 0.2) is 23.3 Å². The summed E-state index contributed by atoms with van der Waals surface area (Å²) < 4.78 is 70.8. The lowest BCUT2D eigenvalue weighted by Crippen LogP contribution is -2.26. The van der Waals surface area contributed by atoms with E-state index in [0.717, 1.165) is 0 Å². The number of hydrogen-bond acceptors (Lipinski definition) is 4.